The third-order valence-electron chi connectivity index (χ3n) is 10.4. The number of anilines is 1. The summed E-state index contributed by atoms with van der Waals surface area (Å²) >= 11 is 4.85. The zero-order valence-corrected chi connectivity index (χ0v) is 30.8. The first-order valence-corrected chi connectivity index (χ1v) is 20.6. The third-order valence-corrected chi connectivity index (χ3v) is 13.6. The van der Waals surface area contributed by atoms with Crippen LogP contribution in [0.15, 0.2) is 46.9 Å². The summed E-state index contributed by atoms with van der Waals surface area (Å²) in [5.41, 5.74) is -0.198. The van der Waals surface area contributed by atoms with E-state index in [1.165, 1.54) is 28.4 Å². The summed E-state index contributed by atoms with van der Waals surface area (Å²) in [5.74, 6) is -1.86. The SMILES string of the molecule is O=C1N[C@]2(C(=O)NS(=O)(=O)C3CC3)CCC(CCCCCC[C@H](Nc3cccc(F)c3)C(=O)N3C[C@H](Oc4nc5ccc(Br)cc5s4)C[C@@H]13)C2. The normalized spacial score (nSPS) is 28.0. The molecule has 2 bridgehead atoms. The second-order valence-corrected chi connectivity index (χ2v) is 18.0. The van der Waals surface area contributed by atoms with Crippen LogP contribution in [0.3, 0.4) is 0 Å². The number of fused-ring (bicyclic) bond motifs is 4. The number of carbonyl (C=O) groups excluding carboxylic acids is 3. The Morgan fingerprint density at radius 3 is 2.64 bits per heavy atom. The van der Waals surface area contributed by atoms with Gasteiger partial charge in [-0.25, -0.2) is 17.8 Å². The fourth-order valence-corrected chi connectivity index (χ4v) is 10.4. The van der Waals surface area contributed by atoms with E-state index < -0.39 is 56.6 Å². The van der Waals surface area contributed by atoms with Gasteiger partial charge < -0.3 is 20.3 Å². The number of nitrogens with zero attached hydrogens (tertiary/aromatic N) is 2. The molecule has 5 atom stereocenters. The fourth-order valence-electron chi connectivity index (χ4n) is 7.60. The molecule has 3 amide bonds. The highest BCUT2D eigenvalue weighted by atomic mass is 79.9. The van der Waals surface area contributed by atoms with E-state index >= 15 is 0 Å². The van der Waals surface area contributed by atoms with Gasteiger partial charge in [0.2, 0.25) is 21.8 Å². The van der Waals surface area contributed by atoms with Crippen molar-refractivity contribution in [3.63, 3.8) is 0 Å². The number of hydrogen-bond acceptors (Lipinski definition) is 9. The number of ether oxygens (including phenoxy) is 1. The maximum Gasteiger partial charge on any atom is 0.274 e. The molecule has 2 aliphatic carbocycles. The number of benzene rings is 2. The molecule has 3 aromatic rings. The van der Waals surface area contributed by atoms with Gasteiger partial charge in [-0.3, -0.25) is 19.1 Å². The van der Waals surface area contributed by atoms with Gasteiger partial charge >= 0.3 is 0 Å². The maximum atomic E-state index is 14.5. The molecule has 2 aromatic carbocycles. The van der Waals surface area contributed by atoms with E-state index in [2.05, 4.69) is 36.3 Å². The largest absolute Gasteiger partial charge is 0.465 e. The fraction of sp³-hybridized carbons (Fsp3) is 0.543. The van der Waals surface area contributed by atoms with Gasteiger partial charge in [-0.05, 0) is 80.8 Å². The van der Waals surface area contributed by atoms with Crippen molar-refractivity contribution in [2.75, 3.05) is 11.9 Å². The van der Waals surface area contributed by atoms with Crippen molar-refractivity contribution >= 4 is 70.9 Å². The quantitative estimate of drug-likeness (QED) is 0.279. The molecule has 7 rings (SSSR count). The van der Waals surface area contributed by atoms with Crippen LogP contribution in [0.1, 0.15) is 77.0 Å². The Bertz CT molecular complexity index is 1890. The van der Waals surface area contributed by atoms with Gasteiger partial charge in [-0.1, -0.05) is 65.4 Å². The third kappa shape index (κ3) is 7.79. The van der Waals surface area contributed by atoms with Crippen LogP contribution in [0.2, 0.25) is 0 Å². The second-order valence-electron chi connectivity index (χ2n) is 14.1. The van der Waals surface area contributed by atoms with Gasteiger partial charge in [0, 0.05) is 16.6 Å². The topological polar surface area (TPSA) is 147 Å². The number of sulfonamides is 1. The standard InChI is InChI=1S/C35H41BrFN5O6S2/c36-22-10-13-27-30(16-22)49-34(39-27)48-25-18-29-31(43)40-35(33(45)41-50(46,47)26-11-12-26)15-14-21(19-35)6-3-1-2-4-9-28(32(44)42(29)20-25)38-24-8-5-7-23(37)17-24/h5,7-8,10,13,16-17,21,25-26,28-29,38H,1-4,6,9,11-12,14-15,18-20H2,(H,40,43)(H,41,45)/t21?,25-,28+,29+,35-/m1/s1. The monoisotopic (exact) mass is 789 g/mol. The van der Waals surface area contributed by atoms with Gasteiger partial charge in [0.15, 0.2) is 0 Å². The lowest BCUT2D eigenvalue weighted by Crippen LogP contribution is -2.62. The molecule has 1 unspecified atom stereocenters. The lowest BCUT2D eigenvalue weighted by molar-refractivity contribution is -0.141. The van der Waals surface area contributed by atoms with Crippen LogP contribution in [-0.2, 0) is 24.4 Å². The molecule has 2 aliphatic heterocycles. The molecule has 4 aliphatic rings. The van der Waals surface area contributed by atoms with Crippen LogP contribution in [0.4, 0.5) is 10.1 Å². The van der Waals surface area contributed by atoms with Gasteiger partial charge in [-0.15, -0.1) is 0 Å². The first-order chi connectivity index (χ1) is 24.0. The van der Waals surface area contributed by atoms with Gasteiger partial charge in [0.25, 0.3) is 11.1 Å². The van der Waals surface area contributed by atoms with Crippen LogP contribution in [0.5, 0.6) is 5.19 Å². The molecular formula is C35H41BrFN5O6S2. The van der Waals surface area contributed by atoms with E-state index in [4.69, 9.17) is 4.74 Å². The number of rotatable bonds is 7. The van der Waals surface area contributed by atoms with Crippen LogP contribution in [0.25, 0.3) is 10.2 Å². The van der Waals surface area contributed by atoms with E-state index in [0.29, 0.717) is 49.4 Å². The number of amides is 3. The van der Waals surface area contributed by atoms with Crippen molar-refractivity contribution in [1.82, 2.24) is 19.9 Å². The molecule has 3 N–H and O–H groups in total. The molecular weight excluding hydrogens is 749 g/mol. The minimum Gasteiger partial charge on any atom is -0.465 e. The first-order valence-electron chi connectivity index (χ1n) is 17.4. The highest BCUT2D eigenvalue weighted by Gasteiger charge is 2.51. The van der Waals surface area contributed by atoms with Crippen LogP contribution < -0.4 is 20.1 Å². The van der Waals surface area contributed by atoms with Crippen molar-refractivity contribution in [3.05, 3.63) is 52.8 Å². The van der Waals surface area contributed by atoms with E-state index in [1.807, 2.05) is 18.2 Å². The predicted molar refractivity (Wildman–Crippen MR) is 192 cm³/mol. The molecule has 0 radical (unpaired) electrons. The Morgan fingerprint density at radius 2 is 1.86 bits per heavy atom. The number of halogens is 2. The number of carbonyl (C=O) groups is 3. The van der Waals surface area contributed by atoms with Crippen molar-refractivity contribution in [2.45, 2.75) is 106 Å². The Kier molecular flexibility index (Phi) is 10.1. The molecule has 2 saturated heterocycles. The average Bonchev–Trinajstić information content (AvgIpc) is 3.57. The Morgan fingerprint density at radius 1 is 1.06 bits per heavy atom. The Labute approximate surface area is 303 Å². The highest BCUT2D eigenvalue weighted by Crippen LogP contribution is 2.40. The van der Waals surface area contributed by atoms with Crippen molar-refractivity contribution < 1.29 is 31.9 Å². The highest BCUT2D eigenvalue weighted by molar-refractivity contribution is 9.10. The Balaban J connectivity index is 1.19. The summed E-state index contributed by atoms with van der Waals surface area (Å²) in [5, 5.41) is 6.04. The Hall–Kier alpha value is -3.30. The molecule has 268 valence electrons. The summed E-state index contributed by atoms with van der Waals surface area (Å²) in [4.78, 5) is 48.8. The van der Waals surface area contributed by atoms with Crippen molar-refractivity contribution in [3.8, 4) is 5.19 Å². The van der Waals surface area contributed by atoms with Crippen molar-refractivity contribution in [1.29, 1.82) is 0 Å². The molecule has 11 nitrogen and oxygen atoms in total. The molecule has 4 fully saturated rings. The zero-order chi connectivity index (χ0) is 35.0. The van der Waals surface area contributed by atoms with Gasteiger partial charge in [-0.2, -0.15) is 0 Å². The van der Waals surface area contributed by atoms with E-state index in [9.17, 15) is 27.2 Å². The summed E-state index contributed by atoms with van der Waals surface area (Å²) in [7, 11) is -3.85. The number of hydrogen-bond donors (Lipinski definition) is 3. The molecule has 0 spiro atoms. The van der Waals surface area contributed by atoms with Crippen molar-refractivity contribution in [2.24, 2.45) is 5.92 Å². The smallest absolute Gasteiger partial charge is 0.274 e. The van der Waals surface area contributed by atoms with Gasteiger partial charge in [0.05, 0.1) is 22.0 Å². The van der Waals surface area contributed by atoms with E-state index in [0.717, 1.165) is 46.8 Å². The molecule has 2 saturated carbocycles. The van der Waals surface area contributed by atoms with Crippen LogP contribution in [-0.4, -0.2) is 71.5 Å². The minimum atomic E-state index is -3.85. The van der Waals surface area contributed by atoms with Crippen LogP contribution in [0, 0.1) is 11.7 Å². The van der Waals surface area contributed by atoms with E-state index in [-0.39, 0.29) is 24.8 Å². The summed E-state index contributed by atoms with van der Waals surface area (Å²) in [6, 6.07) is 9.92. The number of thiazole rings is 1. The summed E-state index contributed by atoms with van der Waals surface area (Å²) in [6.45, 7) is 0.0930. The lowest BCUT2D eigenvalue weighted by atomic mass is 9.92. The lowest BCUT2D eigenvalue weighted by Gasteiger charge is -2.33. The second kappa shape index (κ2) is 14.4. The molecule has 15 heteroatoms. The molecule has 1 aromatic heterocycles. The van der Waals surface area contributed by atoms with Gasteiger partial charge in [0.1, 0.15) is 29.5 Å². The maximum absolute atomic E-state index is 14.5. The first kappa shape index (κ1) is 35.1. The predicted octanol–water partition coefficient (Wildman–Crippen LogP) is 5.64. The number of aromatic nitrogens is 1. The van der Waals surface area contributed by atoms with E-state index in [1.54, 1.807) is 12.1 Å². The summed E-state index contributed by atoms with van der Waals surface area (Å²) < 4.78 is 50.4. The number of nitrogens with one attached hydrogen (secondary N) is 3. The average molecular weight is 791 g/mol. The zero-order valence-electron chi connectivity index (χ0n) is 27.5. The molecule has 3 heterocycles. The van der Waals surface area contributed by atoms with Crippen LogP contribution >= 0.6 is 27.3 Å². The summed E-state index contributed by atoms with van der Waals surface area (Å²) in [6.07, 6.45) is 6.71. The minimum absolute atomic E-state index is 0.0930. The molecule has 50 heavy (non-hydrogen) atoms.